The number of para-hydroxylation sites is 1. The number of rotatable bonds is 12. The third kappa shape index (κ3) is 8.31. The summed E-state index contributed by atoms with van der Waals surface area (Å²) in [5, 5.41) is 34.7. The van der Waals surface area contributed by atoms with E-state index in [1.807, 2.05) is 105 Å². The summed E-state index contributed by atoms with van der Waals surface area (Å²) in [7, 11) is 0. The summed E-state index contributed by atoms with van der Waals surface area (Å²) in [4.78, 5) is 24.9. The number of carbonyl (C=O) groups is 2. The molecule has 2 atom stereocenters. The summed E-state index contributed by atoms with van der Waals surface area (Å²) in [6.45, 7) is 4.43. The molecule has 0 aliphatic rings. The number of aromatic nitrogens is 1. The molecular weight excluding hydrogens is 544 g/mol. The molecule has 0 aliphatic heterocycles. The fraction of sp³-hybridized carbons (Fsp3) is 0.273. The Morgan fingerprint density at radius 1 is 0.829 bits per heavy atom. The Bertz CT molecular complexity index is 1420. The molecule has 0 radical (unpaired) electrons. The number of carboxylic acids is 1. The molecule has 0 saturated carbocycles. The molecule has 208 valence electrons. The van der Waals surface area contributed by atoms with Crippen LogP contribution in [0.5, 0.6) is 0 Å². The molecule has 3 N–H and O–H groups in total. The topological polar surface area (TPSA) is 115 Å². The molecule has 0 fully saturated rings. The molecule has 7 nitrogen and oxygen atoms in total. The van der Waals surface area contributed by atoms with E-state index in [1.165, 1.54) is 0 Å². The number of aliphatic carboxylic acids is 1. The second kappa shape index (κ2) is 15.3. The van der Waals surface area contributed by atoms with Gasteiger partial charge in [-0.2, -0.15) is 0 Å². The smallest absolute Gasteiger partial charge is 0.550 e. The first-order chi connectivity index (χ1) is 19.3. The van der Waals surface area contributed by atoms with Crippen LogP contribution in [0.2, 0.25) is 0 Å². The van der Waals surface area contributed by atoms with E-state index in [4.69, 9.17) is 0 Å². The number of aliphatic hydroxyl groups is 2. The Morgan fingerprint density at radius 3 is 1.90 bits per heavy atom. The summed E-state index contributed by atoms with van der Waals surface area (Å²) in [6.07, 6.45) is -2.50. The van der Waals surface area contributed by atoms with Gasteiger partial charge >= 0.3 is 37.7 Å². The molecule has 0 saturated heterocycles. The predicted octanol–water partition coefficient (Wildman–Crippen LogP) is 4.46. The molecule has 1 aromatic heterocycles. The molecule has 41 heavy (non-hydrogen) atoms. The zero-order valence-corrected chi connectivity index (χ0v) is 25.7. The molecule has 0 bridgehead atoms. The average molecular weight is 580 g/mol. The van der Waals surface area contributed by atoms with Crippen molar-refractivity contribution in [2.75, 3.05) is 5.32 Å². The van der Waals surface area contributed by atoms with Crippen molar-refractivity contribution in [2.24, 2.45) is 0 Å². The third-order valence-corrected chi connectivity index (χ3v) is 6.85. The van der Waals surface area contributed by atoms with Crippen molar-refractivity contribution >= 4 is 55.3 Å². The summed E-state index contributed by atoms with van der Waals surface area (Å²) in [5.41, 5.74) is 5.56. The van der Waals surface area contributed by atoms with Crippen molar-refractivity contribution in [1.29, 1.82) is 0 Å². The van der Waals surface area contributed by atoms with Gasteiger partial charge in [-0.1, -0.05) is 92.7 Å². The van der Waals surface area contributed by atoms with E-state index in [-0.39, 0.29) is 62.4 Å². The zero-order valence-electron chi connectivity index (χ0n) is 23.5. The van der Waals surface area contributed by atoms with E-state index in [9.17, 15) is 24.9 Å². The molecule has 4 rings (SSSR count). The van der Waals surface area contributed by atoms with Crippen molar-refractivity contribution < 1.29 is 24.9 Å². The van der Waals surface area contributed by atoms with E-state index in [1.54, 1.807) is 0 Å². The van der Waals surface area contributed by atoms with Gasteiger partial charge in [0.25, 0.3) is 5.91 Å². The van der Waals surface area contributed by atoms with Gasteiger partial charge in [0.05, 0.1) is 23.5 Å². The second-order valence-corrected chi connectivity index (χ2v) is 10.3. The van der Waals surface area contributed by atoms with E-state index < -0.39 is 24.6 Å². The first kappa shape index (κ1) is 32.6. The van der Waals surface area contributed by atoms with Crippen LogP contribution in [0.25, 0.3) is 22.4 Å². The maximum absolute atomic E-state index is 14.0. The SMILES string of the molecule is CC(C)c1c(C(=O)Nc2ccccc2)c(-c2ccccc2)c(-c2ccccc2)n1CC[C@@H](O)C[C@@H](O)CC(=O)[O-].[Ca+2]. The summed E-state index contributed by atoms with van der Waals surface area (Å²) in [6, 6.07) is 29.0. The Kier molecular flexibility index (Phi) is 12.2. The number of benzene rings is 3. The molecule has 3 aromatic carbocycles. The zero-order chi connectivity index (χ0) is 28.6. The number of carboxylic acid groups (broad SMARTS) is 1. The number of amides is 1. The van der Waals surface area contributed by atoms with Gasteiger partial charge in [0.2, 0.25) is 0 Å². The number of nitrogens with zero attached hydrogens (tertiary/aromatic N) is 1. The summed E-state index contributed by atoms with van der Waals surface area (Å²) >= 11 is 0. The first-order valence-corrected chi connectivity index (χ1v) is 13.6. The molecule has 4 aromatic rings. The van der Waals surface area contributed by atoms with Gasteiger partial charge < -0.3 is 30.0 Å². The minimum atomic E-state index is -1.36. The van der Waals surface area contributed by atoms with Gasteiger partial charge in [0.1, 0.15) is 0 Å². The maximum Gasteiger partial charge on any atom is 2.00 e. The average Bonchev–Trinajstić information content (AvgIpc) is 3.28. The maximum atomic E-state index is 14.0. The van der Waals surface area contributed by atoms with Crippen molar-refractivity contribution in [3.8, 4) is 22.4 Å². The van der Waals surface area contributed by atoms with E-state index in [2.05, 4.69) is 9.88 Å². The predicted molar refractivity (Wildman–Crippen MR) is 160 cm³/mol. The van der Waals surface area contributed by atoms with Crippen molar-refractivity contribution in [3.63, 3.8) is 0 Å². The fourth-order valence-electron chi connectivity index (χ4n) is 5.18. The molecule has 1 amide bonds. The summed E-state index contributed by atoms with van der Waals surface area (Å²) < 4.78 is 2.09. The monoisotopic (exact) mass is 579 g/mol. The van der Waals surface area contributed by atoms with Gasteiger partial charge in [-0.15, -0.1) is 0 Å². The molecular formula is C33H35CaN2O5+. The van der Waals surface area contributed by atoms with Gasteiger partial charge in [-0.25, -0.2) is 0 Å². The number of anilines is 1. The van der Waals surface area contributed by atoms with E-state index >= 15 is 0 Å². The number of hydrogen-bond donors (Lipinski definition) is 3. The van der Waals surface area contributed by atoms with Crippen LogP contribution in [-0.2, 0) is 11.3 Å². The van der Waals surface area contributed by atoms with Crippen LogP contribution in [0.3, 0.4) is 0 Å². The van der Waals surface area contributed by atoms with Crippen LogP contribution in [0.1, 0.15) is 55.1 Å². The van der Waals surface area contributed by atoms with Crippen molar-refractivity contribution in [3.05, 3.63) is 102 Å². The van der Waals surface area contributed by atoms with Crippen molar-refractivity contribution in [1.82, 2.24) is 4.57 Å². The number of aliphatic hydroxyl groups excluding tert-OH is 2. The molecule has 0 spiro atoms. The van der Waals surface area contributed by atoms with Gasteiger partial charge in [-0.3, -0.25) is 4.79 Å². The van der Waals surface area contributed by atoms with E-state index in [0.717, 1.165) is 28.1 Å². The normalized spacial score (nSPS) is 12.4. The van der Waals surface area contributed by atoms with Crippen LogP contribution < -0.4 is 10.4 Å². The Labute approximate surface area is 270 Å². The minimum Gasteiger partial charge on any atom is -0.550 e. The first-order valence-electron chi connectivity index (χ1n) is 13.6. The number of hydrogen-bond acceptors (Lipinski definition) is 5. The quantitative estimate of drug-likeness (QED) is 0.215. The van der Waals surface area contributed by atoms with Crippen LogP contribution in [0.4, 0.5) is 5.69 Å². The third-order valence-electron chi connectivity index (χ3n) is 6.85. The fourth-order valence-corrected chi connectivity index (χ4v) is 5.18. The molecule has 1 heterocycles. The van der Waals surface area contributed by atoms with Crippen LogP contribution in [0.15, 0.2) is 91.0 Å². The Morgan fingerprint density at radius 2 is 1.37 bits per heavy atom. The van der Waals surface area contributed by atoms with Crippen LogP contribution in [-0.4, -0.2) is 76.6 Å². The largest absolute Gasteiger partial charge is 2.00 e. The van der Waals surface area contributed by atoms with Crippen LogP contribution in [0, 0.1) is 0 Å². The summed E-state index contributed by atoms with van der Waals surface area (Å²) in [5.74, 6) is -1.63. The standard InChI is InChI=1S/C33H36N2O5.Ca/c1-22(2)31-30(33(40)34-25-16-10-5-11-17-25)29(23-12-6-3-7-13-23)32(24-14-8-4-9-15-24)35(31)19-18-26(36)20-27(37)21-28(38)39;/h3-17,22,26-27,36-37H,18-21H2,1-2H3,(H,34,40)(H,38,39);/q;+2/p-1/t26-,27-;/m1./s1. The Balaban J connectivity index is 0.00000462. The van der Waals surface area contributed by atoms with Gasteiger partial charge in [0.15, 0.2) is 0 Å². The second-order valence-electron chi connectivity index (χ2n) is 10.3. The number of nitrogens with one attached hydrogen (secondary N) is 1. The van der Waals surface area contributed by atoms with Crippen molar-refractivity contribution in [2.45, 2.75) is 57.8 Å². The van der Waals surface area contributed by atoms with E-state index in [0.29, 0.717) is 17.8 Å². The van der Waals surface area contributed by atoms with Gasteiger partial charge in [-0.05, 0) is 42.0 Å². The molecule has 0 unspecified atom stereocenters. The Hall–Kier alpha value is -2.94. The van der Waals surface area contributed by atoms with Gasteiger partial charge in [0, 0.05) is 35.9 Å². The molecule has 0 aliphatic carbocycles. The van der Waals surface area contributed by atoms with Crippen LogP contribution >= 0.6 is 0 Å². The molecule has 8 heteroatoms. The number of carbonyl (C=O) groups excluding carboxylic acids is 2. The minimum absolute atomic E-state index is 0.